The molecule has 164 valence electrons. The van der Waals surface area contributed by atoms with Crippen LogP contribution in [0.4, 0.5) is 0 Å². The molecule has 28 heavy (non-hydrogen) atoms. The number of hydrogen-bond donors (Lipinski definition) is 1. The van der Waals surface area contributed by atoms with Crippen LogP contribution in [-0.2, 0) is 23.7 Å². The molecule has 6 nitrogen and oxygen atoms in total. The van der Waals surface area contributed by atoms with Gasteiger partial charge >= 0.3 is 0 Å². The zero-order valence-corrected chi connectivity index (χ0v) is 18.4. The molecule has 0 aromatic heterocycles. The van der Waals surface area contributed by atoms with E-state index in [1.54, 1.807) is 14.2 Å². The smallest absolute Gasteiger partial charge is 0.160 e. The third-order valence-electron chi connectivity index (χ3n) is 5.90. The van der Waals surface area contributed by atoms with Crippen LogP contribution in [0.1, 0.15) is 53.4 Å². The van der Waals surface area contributed by atoms with Crippen LogP contribution >= 0.6 is 0 Å². The van der Waals surface area contributed by atoms with Gasteiger partial charge in [0.05, 0.1) is 12.7 Å². The standard InChI is InChI=1S/C22H40O6/c1-14(13-27-18-9-7-8-10-26-18)11-15(2)19(23)21(24-5)20-16(3)12-17(4)22(25-6)28-20/h11,14,16-23H,7-10,12-13H2,1-6H3/b15-11+/t14-,16-,17+,18?,19-,20-,21-,22-/m1/s1. The van der Waals surface area contributed by atoms with Gasteiger partial charge in [-0.05, 0) is 50.0 Å². The molecule has 0 radical (unpaired) electrons. The zero-order chi connectivity index (χ0) is 20.7. The van der Waals surface area contributed by atoms with Crippen molar-refractivity contribution in [2.45, 2.75) is 84.3 Å². The molecule has 2 aliphatic heterocycles. The average molecular weight is 401 g/mol. The molecule has 6 heteroatoms. The summed E-state index contributed by atoms with van der Waals surface area (Å²) in [5.74, 6) is 0.772. The Morgan fingerprint density at radius 3 is 2.57 bits per heavy atom. The Morgan fingerprint density at radius 2 is 1.96 bits per heavy atom. The Bertz CT molecular complexity index is 476. The molecule has 0 aromatic rings. The summed E-state index contributed by atoms with van der Waals surface area (Å²) in [4.78, 5) is 0. The number of rotatable bonds is 9. The van der Waals surface area contributed by atoms with Crippen molar-refractivity contribution in [1.82, 2.24) is 0 Å². The van der Waals surface area contributed by atoms with Crippen LogP contribution in [0.15, 0.2) is 11.6 Å². The summed E-state index contributed by atoms with van der Waals surface area (Å²) < 4.78 is 28.8. The molecule has 1 unspecified atom stereocenters. The molecule has 2 aliphatic rings. The highest BCUT2D eigenvalue weighted by Crippen LogP contribution is 2.34. The van der Waals surface area contributed by atoms with Crippen molar-refractivity contribution >= 4 is 0 Å². The molecule has 1 N–H and O–H groups in total. The van der Waals surface area contributed by atoms with Crippen LogP contribution in [-0.4, -0.2) is 63.4 Å². The maximum Gasteiger partial charge on any atom is 0.160 e. The molecule has 0 saturated carbocycles. The first-order chi connectivity index (χ1) is 13.4. The number of aliphatic hydroxyl groups is 1. The summed E-state index contributed by atoms with van der Waals surface area (Å²) in [6, 6.07) is 0. The van der Waals surface area contributed by atoms with Crippen molar-refractivity contribution in [3.8, 4) is 0 Å². The number of aliphatic hydroxyl groups excluding tert-OH is 1. The fourth-order valence-electron chi connectivity index (χ4n) is 4.34. The van der Waals surface area contributed by atoms with Gasteiger partial charge in [-0.25, -0.2) is 0 Å². The van der Waals surface area contributed by atoms with Crippen molar-refractivity contribution in [1.29, 1.82) is 0 Å². The molecule has 0 aliphatic carbocycles. The topological polar surface area (TPSA) is 66.4 Å². The highest BCUT2D eigenvalue weighted by atomic mass is 16.7. The molecule has 2 fully saturated rings. The molecular weight excluding hydrogens is 360 g/mol. The molecule has 0 aromatic carbocycles. The quantitative estimate of drug-likeness (QED) is 0.598. The Hall–Kier alpha value is -0.500. The number of ether oxygens (including phenoxy) is 5. The summed E-state index contributed by atoms with van der Waals surface area (Å²) in [7, 11) is 3.29. The van der Waals surface area contributed by atoms with E-state index >= 15 is 0 Å². The van der Waals surface area contributed by atoms with Crippen LogP contribution in [0.5, 0.6) is 0 Å². The second-order valence-electron chi connectivity index (χ2n) is 8.56. The maximum absolute atomic E-state index is 11.0. The van der Waals surface area contributed by atoms with Gasteiger partial charge in [-0.2, -0.15) is 0 Å². The lowest BCUT2D eigenvalue weighted by Crippen LogP contribution is -2.51. The summed E-state index contributed by atoms with van der Waals surface area (Å²) in [6.07, 6.45) is 4.51. The first-order valence-electron chi connectivity index (χ1n) is 10.7. The van der Waals surface area contributed by atoms with E-state index < -0.39 is 12.2 Å². The summed E-state index contributed by atoms with van der Waals surface area (Å²) in [5.41, 5.74) is 0.871. The summed E-state index contributed by atoms with van der Waals surface area (Å²) >= 11 is 0. The molecule has 8 atom stereocenters. The summed E-state index contributed by atoms with van der Waals surface area (Å²) in [6.45, 7) is 9.65. The van der Waals surface area contributed by atoms with Gasteiger partial charge in [0, 0.05) is 26.7 Å². The lowest BCUT2D eigenvalue weighted by atomic mass is 9.84. The SMILES string of the molecule is CO[C@@H]1O[C@@H]([C@H](OC)[C@H](O)/C(C)=C/[C@@H](C)COC2CCCCO2)[C@H](C)C[C@@H]1C. The first kappa shape index (κ1) is 23.8. The highest BCUT2D eigenvalue weighted by molar-refractivity contribution is 5.10. The first-order valence-corrected chi connectivity index (χ1v) is 10.7. The van der Waals surface area contributed by atoms with Gasteiger partial charge in [-0.1, -0.05) is 26.8 Å². The van der Waals surface area contributed by atoms with Crippen molar-refractivity contribution in [2.24, 2.45) is 17.8 Å². The molecule has 0 spiro atoms. The van der Waals surface area contributed by atoms with Gasteiger partial charge in [0.25, 0.3) is 0 Å². The third-order valence-corrected chi connectivity index (χ3v) is 5.90. The molecule has 0 amide bonds. The van der Waals surface area contributed by atoms with Gasteiger partial charge in [0.15, 0.2) is 12.6 Å². The van der Waals surface area contributed by atoms with E-state index in [4.69, 9.17) is 23.7 Å². The predicted molar refractivity (Wildman–Crippen MR) is 108 cm³/mol. The van der Waals surface area contributed by atoms with Crippen LogP contribution in [0, 0.1) is 17.8 Å². The minimum Gasteiger partial charge on any atom is -0.386 e. The minimum atomic E-state index is -0.739. The van der Waals surface area contributed by atoms with E-state index in [-0.39, 0.29) is 30.5 Å². The van der Waals surface area contributed by atoms with E-state index in [0.717, 1.165) is 37.9 Å². The average Bonchev–Trinajstić information content (AvgIpc) is 2.69. The van der Waals surface area contributed by atoms with Gasteiger partial charge in [-0.3, -0.25) is 0 Å². The van der Waals surface area contributed by atoms with Crippen LogP contribution < -0.4 is 0 Å². The number of methoxy groups -OCH3 is 2. The monoisotopic (exact) mass is 400 g/mol. The Balaban J connectivity index is 1.94. The fourth-order valence-corrected chi connectivity index (χ4v) is 4.34. The largest absolute Gasteiger partial charge is 0.386 e. The van der Waals surface area contributed by atoms with Crippen LogP contribution in [0.2, 0.25) is 0 Å². The van der Waals surface area contributed by atoms with E-state index in [2.05, 4.69) is 26.8 Å². The predicted octanol–water partition coefficient (Wildman–Crippen LogP) is 3.52. The van der Waals surface area contributed by atoms with Crippen molar-refractivity contribution in [3.05, 3.63) is 11.6 Å². The molecule has 2 rings (SSSR count). The van der Waals surface area contributed by atoms with Gasteiger partial charge in [0.1, 0.15) is 12.2 Å². The second-order valence-corrected chi connectivity index (χ2v) is 8.56. The molecule has 0 bridgehead atoms. The Kier molecular flexibility index (Phi) is 9.87. The zero-order valence-electron chi connectivity index (χ0n) is 18.4. The normalized spacial score (nSPS) is 35.4. The van der Waals surface area contributed by atoms with E-state index in [1.807, 2.05) is 6.92 Å². The maximum atomic E-state index is 11.0. The van der Waals surface area contributed by atoms with E-state index in [1.165, 1.54) is 0 Å². The summed E-state index contributed by atoms with van der Waals surface area (Å²) in [5, 5.41) is 11.0. The van der Waals surface area contributed by atoms with E-state index in [9.17, 15) is 5.11 Å². The van der Waals surface area contributed by atoms with Gasteiger partial charge < -0.3 is 28.8 Å². The Morgan fingerprint density at radius 1 is 1.21 bits per heavy atom. The molecule has 2 heterocycles. The van der Waals surface area contributed by atoms with Gasteiger partial charge in [-0.15, -0.1) is 0 Å². The van der Waals surface area contributed by atoms with Crippen LogP contribution in [0.3, 0.4) is 0 Å². The minimum absolute atomic E-state index is 0.0917. The van der Waals surface area contributed by atoms with E-state index in [0.29, 0.717) is 12.5 Å². The highest BCUT2D eigenvalue weighted by Gasteiger charge is 2.41. The Labute approximate surface area is 170 Å². The van der Waals surface area contributed by atoms with Crippen molar-refractivity contribution in [2.75, 3.05) is 27.4 Å². The lowest BCUT2D eigenvalue weighted by Gasteiger charge is -2.42. The van der Waals surface area contributed by atoms with Crippen molar-refractivity contribution < 1.29 is 28.8 Å². The van der Waals surface area contributed by atoms with Crippen molar-refractivity contribution in [3.63, 3.8) is 0 Å². The van der Waals surface area contributed by atoms with Gasteiger partial charge in [0.2, 0.25) is 0 Å². The van der Waals surface area contributed by atoms with Crippen LogP contribution in [0.25, 0.3) is 0 Å². The molecule has 2 saturated heterocycles. The second kappa shape index (κ2) is 11.6. The fraction of sp³-hybridized carbons (Fsp3) is 0.909. The molecular formula is C22H40O6. The number of hydrogen-bond acceptors (Lipinski definition) is 6. The third kappa shape index (κ3) is 6.51. The lowest BCUT2D eigenvalue weighted by molar-refractivity contribution is -0.252.